The predicted molar refractivity (Wildman–Crippen MR) is 69.2 cm³/mol. The summed E-state index contributed by atoms with van der Waals surface area (Å²) in [4.78, 5) is 5.16. The molecule has 2 nitrogen and oxygen atoms in total. The summed E-state index contributed by atoms with van der Waals surface area (Å²) in [6.45, 7) is 0. The maximum Gasteiger partial charge on any atom is 0.124 e. The molecule has 0 saturated carbocycles. The van der Waals surface area contributed by atoms with Gasteiger partial charge in [0.1, 0.15) is 5.03 Å². The zero-order valence-electron chi connectivity index (χ0n) is 8.15. The smallest absolute Gasteiger partial charge is 0.124 e. The van der Waals surface area contributed by atoms with Crippen LogP contribution in [0.5, 0.6) is 0 Å². The van der Waals surface area contributed by atoms with Crippen molar-refractivity contribution in [2.24, 2.45) is 0 Å². The zero-order valence-corrected chi connectivity index (χ0v) is 10.5. The Labute approximate surface area is 108 Å². The van der Waals surface area contributed by atoms with Crippen molar-refractivity contribution < 1.29 is 0 Å². The van der Waals surface area contributed by atoms with E-state index >= 15 is 0 Å². The lowest BCUT2D eigenvalue weighted by atomic mass is 10.4. The van der Waals surface area contributed by atoms with E-state index in [0.717, 1.165) is 9.92 Å². The lowest BCUT2D eigenvalue weighted by molar-refractivity contribution is 1.14. The Bertz CT molecular complexity index is 517. The highest BCUT2D eigenvalue weighted by Gasteiger charge is 2.04. The first kappa shape index (κ1) is 11.6. The molecule has 1 heterocycles. The number of halogens is 2. The van der Waals surface area contributed by atoms with Crippen molar-refractivity contribution in [2.75, 3.05) is 5.73 Å². The van der Waals surface area contributed by atoms with E-state index in [9.17, 15) is 0 Å². The van der Waals surface area contributed by atoms with Gasteiger partial charge in [0, 0.05) is 16.1 Å². The van der Waals surface area contributed by atoms with E-state index in [1.807, 2.05) is 24.3 Å². The number of benzene rings is 1. The van der Waals surface area contributed by atoms with Gasteiger partial charge in [-0.05, 0) is 24.3 Å². The number of hydrogen-bond acceptors (Lipinski definition) is 3. The molecular weight excluding hydrogens is 263 g/mol. The maximum absolute atomic E-state index is 5.89. The molecule has 2 aromatic rings. The van der Waals surface area contributed by atoms with Crippen LogP contribution in [0.25, 0.3) is 0 Å². The second-order valence-electron chi connectivity index (χ2n) is 3.11. The number of pyridine rings is 1. The molecule has 1 aromatic heterocycles. The van der Waals surface area contributed by atoms with Gasteiger partial charge >= 0.3 is 0 Å². The molecule has 2 rings (SSSR count). The van der Waals surface area contributed by atoms with Gasteiger partial charge in [0.25, 0.3) is 0 Å². The zero-order chi connectivity index (χ0) is 11.5. The van der Waals surface area contributed by atoms with Crippen LogP contribution in [0, 0.1) is 0 Å². The largest absolute Gasteiger partial charge is 0.396 e. The highest BCUT2D eigenvalue weighted by molar-refractivity contribution is 7.99. The molecule has 0 aliphatic carbocycles. The van der Waals surface area contributed by atoms with Gasteiger partial charge < -0.3 is 5.73 Å². The van der Waals surface area contributed by atoms with E-state index in [2.05, 4.69) is 4.98 Å². The van der Waals surface area contributed by atoms with Crippen LogP contribution in [0.2, 0.25) is 10.0 Å². The maximum atomic E-state index is 5.89. The Morgan fingerprint density at radius 2 is 1.94 bits per heavy atom. The molecule has 0 fully saturated rings. The number of nitrogens with two attached hydrogens (primary N) is 1. The Morgan fingerprint density at radius 1 is 1.12 bits per heavy atom. The van der Waals surface area contributed by atoms with Gasteiger partial charge in [-0.15, -0.1) is 0 Å². The lowest BCUT2D eigenvalue weighted by Gasteiger charge is -2.04. The van der Waals surface area contributed by atoms with Gasteiger partial charge in [0.2, 0.25) is 0 Å². The molecule has 1 aromatic carbocycles. The Kier molecular flexibility index (Phi) is 3.59. The Hall–Kier alpha value is -0.900. The predicted octanol–water partition coefficient (Wildman–Crippen LogP) is 4.12. The fourth-order valence-corrected chi connectivity index (χ4v) is 2.43. The number of anilines is 1. The van der Waals surface area contributed by atoms with Crippen LogP contribution in [0.3, 0.4) is 0 Å². The molecule has 0 spiro atoms. The van der Waals surface area contributed by atoms with E-state index < -0.39 is 0 Å². The number of aromatic nitrogens is 1. The molecule has 0 radical (unpaired) electrons. The Balaban J connectivity index is 2.27. The molecule has 82 valence electrons. The molecule has 0 amide bonds. The minimum absolute atomic E-state index is 0.535. The van der Waals surface area contributed by atoms with Gasteiger partial charge in [0.05, 0.1) is 10.7 Å². The van der Waals surface area contributed by atoms with E-state index in [0.29, 0.717) is 15.7 Å². The first-order chi connectivity index (χ1) is 7.65. The van der Waals surface area contributed by atoms with Crippen LogP contribution in [-0.4, -0.2) is 4.98 Å². The fraction of sp³-hybridized carbons (Fsp3) is 0. The van der Waals surface area contributed by atoms with E-state index in [1.165, 1.54) is 11.8 Å². The summed E-state index contributed by atoms with van der Waals surface area (Å²) in [5, 5.41) is 1.96. The summed E-state index contributed by atoms with van der Waals surface area (Å²) in [7, 11) is 0. The summed E-state index contributed by atoms with van der Waals surface area (Å²) >= 11 is 13.1. The average molecular weight is 271 g/mol. The first-order valence-electron chi connectivity index (χ1n) is 4.49. The van der Waals surface area contributed by atoms with Gasteiger partial charge in [-0.1, -0.05) is 41.0 Å². The van der Waals surface area contributed by atoms with Crippen molar-refractivity contribution in [3.63, 3.8) is 0 Å². The Morgan fingerprint density at radius 3 is 2.62 bits per heavy atom. The minimum atomic E-state index is 0.535. The van der Waals surface area contributed by atoms with Gasteiger partial charge in [-0.2, -0.15) is 0 Å². The molecule has 0 aliphatic heterocycles. The first-order valence-corrected chi connectivity index (χ1v) is 6.07. The normalized spacial score (nSPS) is 10.4. The summed E-state index contributed by atoms with van der Waals surface area (Å²) < 4.78 is 0. The number of nitrogens with zero attached hydrogens (tertiary/aromatic N) is 1. The van der Waals surface area contributed by atoms with Gasteiger partial charge in [-0.25, -0.2) is 4.98 Å². The quantitative estimate of drug-likeness (QED) is 0.892. The second-order valence-corrected chi connectivity index (χ2v) is 5.04. The molecule has 2 N–H and O–H groups in total. The van der Waals surface area contributed by atoms with Crippen molar-refractivity contribution in [3.8, 4) is 0 Å². The molecule has 0 atom stereocenters. The SMILES string of the molecule is Nc1cc(Cl)cnc1Sc1cccc(Cl)c1. The van der Waals surface area contributed by atoms with Gasteiger partial charge in [0.15, 0.2) is 0 Å². The summed E-state index contributed by atoms with van der Waals surface area (Å²) in [6.07, 6.45) is 1.57. The summed E-state index contributed by atoms with van der Waals surface area (Å²) in [6, 6.07) is 9.21. The van der Waals surface area contributed by atoms with Crippen LogP contribution in [0.1, 0.15) is 0 Å². The molecular formula is C11H8Cl2N2S. The molecule has 5 heteroatoms. The summed E-state index contributed by atoms with van der Waals surface area (Å²) in [5.74, 6) is 0. The summed E-state index contributed by atoms with van der Waals surface area (Å²) in [5.41, 5.74) is 6.37. The highest BCUT2D eigenvalue weighted by atomic mass is 35.5. The number of nitrogen functional groups attached to an aromatic ring is 1. The highest BCUT2D eigenvalue weighted by Crippen LogP contribution is 2.32. The number of hydrogen-bond donors (Lipinski definition) is 1. The topological polar surface area (TPSA) is 38.9 Å². The molecule has 0 bridgehead atoms. The molecule has 0 unspecified atom stereocenters. The number of rotatable bonds is 2. The van der Waals surface area contributed by atoms with Gasteiger partial charge in [-0.3, -0.25) is 0 Å². The monoisotopic (exact) mass is 270 g/mol. The van der Waals surface area contributed by atoms with Crippen LogP contribution in [-0.2, 0) is 0 Å². The van der Waals surface area contributed by atoms with Crippen LogP contribution in [0.15, 0.2) is 46.5 Å². The third kappa shape index (κ3) is 2.82. The molecule has 0 saturated heterocycles. The van der Waals surface area contributed by atoms with Crippen molar-refractivity contribution in [2.45, 2.75) is 9.92 Å². The van der Waals surface area contributed by atoms with Crippen LogP contribution >= 0.6 is 35.0 Å². The standard InChI is InChI=1S/C11H8Cl2N2S/c12-7-2-1-3-9(4-7)16-11-10(14)5-8(13)6-15-11/h1-6H,14H2. The van der Waals surface area contributed by atoms with Crippen molar-refractivity contribution in [1.82, 2.24) is 4.98 Å². The van der Waals surface area contributed by atoms with E-state index in [4.69, 9.17) is 28.9 Å². The van der Waals surface area contributed by atoms with E-state index in [1.54, 1.807) is 12.3 Å². The fourth-order valence-electron chi connectivity index (χ4n) is 1.17. The van der Waals surface area contributed by atoms with E-state index in [-0.39, 0.29) is 0 Å². The third-order valence-corrected chi connectivity index (χ3v) is 3.32. The minimum Gasteiger partial charge on any atom is -0.396 e. The molecule has 16 heavy (non-hydrogen) atoms. The average Bonchev–Trinajstić information content (AvgIpc) is 2.22. The van der Waals surface area contributed by atoms with Crippen LogP contribution in [0.4, 0.5) is 5.69 Å². The molecule has 0 aliphatic rings. The second kappa shape index (κ2) is 4.95. The lowest BCUT2D eigenvalue weighted by Crippen LogP contribution is -1.91. The van der Waals surface area contributed by atoms with Crippen molar-refractivity contribution >= 4 is 40.7 Å². The van der Waals surface area contributed by atoms with Crippen molar-refractivity contribution in [3.05, 3.63) is 46.6 Å². The third-order valence-electron chi connectivity index (χ3n) is 1.86. The van der Waals surface area contributed by atoms with Crippen LogP contribution < -0.4 is 5.73 Å². The van der Waals surface area contributed by atoms with Crippen molar-refractivity contribution in [1.29, 1.82) is 0 Å².